The van der Waals surface area contributed by atoms with Crippen molar-refractivity contribution >= 4 is 17.6 Å². The van der Waals surface area contributed by atoms with Crippen LogP contribution >= 0.6 is 11.6 Å². The summed E-state index contributed by atoms with van der Waals surface area (Å²) in [5.41, 5.74) is 1.59. The van der Waals surface area contributed by atoms with Crippen LogP contribution in [-0.4, -0.2) is 27.5 Å². The monoisotopic (exact) mass is 263 g/mol. The predicted molar refractivity (Wildman–Crippen MR) is 66.2 cm³/mol. The highest BCUT2D eigenvalue weighted by atomic mass is 35.5. The second kappa shape index (κ2) is 5.55. The number of ether oxygens (including phenoxy) is 1. The van der Waals surface area contributed by atoms with Gasteiger partial charge in [0.05, 0.1) is 30.3 Å². The highest BCUT2D eigenvalue weighted by molar-refractivity contribution is 6.29. The molecule has 0 unspecified atom stereocenters. The minimum Gasteiger partial charge on any atom is -0.462 e. The van der Waals surface area contributed by atoms with Crippen molar-refractivity contribution in [3.8, 4) is 11.3 Å². The second-order valence-electron chi connectivity index (χ2n) is 3.41. The highest BCUT2D eigenvalue weighted by Crippen LogP contribution is 2.18. The molecule has 0 atom stereocenters. The molecule has 0 radical (unpaired) electrons. The Balaban J connectivity index is 2.35. The van der Waals surface area contributed by atoms with Crippen LogP contribution in [0.3, 0.4) is 0 Å². The number of nitrogens with zero attached hydrogens (tertiary/aromatic N) is 3. The van der Waals surface area contributed by atoms with E-state index in [9.17, 15) is 4.79 Å². The molecule has 2 rings (SSSR count). The second-order valence-corrected chi connectivity index (χ2v) is 3.80. The minimum absolute atomic E-state index is 0.286. The highest BCUT2D eigenvalue weighted by Gasteiger charge is 2.09. The van der Waals surface area contributed by atoms with Gasteiger partial charge in [-0.25, -0.2) is 9.78 Å². The van der Waals surface area contributed by atoms with Crippen molar-refractivity contribution in [2.24, 2.45) is 0 Å². The number of pyridine rings is 1. The Bertz CT molecular complexity index is 575. The van der Waals surface area contributed by atoms with Gasteiger partial charge >= 0.3 is 5.97 Å². The first-order valence-corrected chi connectivity index (χ1v) is 5.68. The first-order chi connectivity index (χ1) is 8.70. The summed E-state index contributed by atoms with van der Waals surface area (Å²) >= 11 is 5.76. The molecule has 0 aliphatic rings. The Morgan fingerprint density at radius 2 is 2.06 bits per heavy atom. The lowest BCUT2D eigenvalue weighted by molar-refractivity contribution is 0.0526. The van der Waals surface area contributed by atoms with Crippen molar-refractivity contribution in [1.29, 1.82) is 0 Å². The zero-order chi connectivity index (χ0) is 13.0. The molecule has 92 valence electrons. The smallest absolute Gasteiger partial charge is 0.339 e. The molecule has 2 aromatic heterocycles. The maximum atomic E-state index is 11.6. The van der Waals surface area contributed by atoms with Gasteiger partial charge < -0.3 is 4.74 Å². The molecule has 6 heteroatoms. The van der Waals surface area contributed by atoms with Crippen LogP contribution in [0.5, 0.6) is 0 Å². The fourth-order valence-electron chi connectivity index (χ4n) is 1.39. The number of hydrogen-bond donors (Lipinski definition) is 0. The van der Waals surface area contributed by atoms with E-state index in [1.165, 1.54) is 12.4 Å². The molecule has 5 nitrogen and oxygen atoms in total. The molecule has 18 heavy (non-hydrogen) atoms. The van der Waals surface area contributed by atoms with E-state index in [-0.39, 0.29) is 5.15 Å². The van der Waals surface area contributed by atoms with Crippen LogP contribution in [0.15, 0.2) is 30.9 Å². The summed E-state index contributed by atoms with van der Waals surface area (Å²) in [6.07, 6.45) is 6.02. The standard InChI is InChI=1S/C12H10ClN3O2/c1-2-18-12(17)9-3-8(4-14-5-9)10-6-15-7-11(13)16-10/h3-7H,2H2,1H3. The number of carbonyl (C=O) groups is 1. The maximum Gasteiger partial charge on any atom is 0.339 e. The Morgan fingerprint density at radius 1 is 1.28 bits per heavy atom. The molecule has 0 saturated carbocycles. The summed E-state index contributed by atoms with van der Waals surface area (Å²) in [5.74, 6) is -0.415. The summed E-state index contributed by atoms with van der Waals surface area (Å²) in [6.45, 7) is 2.07. The van der Waals surface area contributed by atoms with E-state index in [0.29, 0.717) is 23.4 Å². The average molecular weight is 264 g/mol. The van der Waals surface area contributed by atoms with E-state index in [1.807, 2.05) is 0 Å². The van der Waals surface area contributed by atoms with Gasteiger partial charge in [0, 0.05) is 18.0 Å². The third-order valence-corrected chi connectivity index (χ3v) is 2.33. The predicted octanol–water partition coefficient (Wildman–Crippen LogP) is 2.37. The first-order valence-electron chi connectivity index (χ1n) is 5.31. The van der Waals surface area contributed by atoms with Gasteiger partial charge in [-0.2, -0.15) is 0 Å². The molecule has 0 aliphatic carbocycles. The third kappa shape index (κ3) is 2.81. The van der Waals surface area contributed by atoms with Gasteiger partial charge in [0.25, 0.3) is 0 Å². The van der Waals surface area contributed by atoms with Crippen molar-refractivity contribution in [2.45, 2.75) is 6.92 Å². The maximum absolute atomic E-state index is 11.6. The van der Waals surface area contributed by atoms with E-state index in [2.05, 4.69) is 15.0 Å². The molecule has 0 bridgehead atoms. The van der Waals surface area contributed by atoms with Crippen molar-refractivity contribution < 1.29 is 9.53 Å². The van der Waals surface area contributed by atoms with Crippen LogP contribution in [0.2, 0.25) is 5.15 Å². The minimum atomic E-state index is -0.415. The zero-order valence-electron chi connectivity index (χ0n) is 9.63. The summed E-state index contributed by atoms with van der Waals surface area (Å²) in [6, 6.07) is 1.64. The van der Waals surface area contributed by atoms with E-state index in [1.54, 1.807) is 25.4 Å². The molecular formula is C12H10ClN3O2. The molecule has 0 amide bonds. The van der Waals surface area contributed by atoms with E-state index >= 15 is 0 Å². The van der Waals surface area contributed by atoms with Gasteiger partial charge in [-0.15, -0.1) is 0 Å². The summed E-state index contributed by atoms with van der Waals surface area (Å²) in [7, 11) is 0. The Morgan fingerprint density at radius 3 is 2.78 bits per heavy atom. The van der Waals surface area contributed by atoms with Crippen molar-refractivity contribution in [2.75, 3.05) is 6.61 Å². The topological polar surface area (TPSA) is 65.0 Å². The summed E-state index contributed by atoms with van der Waals surface area (Å²) in [5, 5.41) is 0.286. The lowest BCUT2D eigenvalue weighted by atomic mass is 10.1. The van der Waals surface area contributed by atoms with Crippen LogP contribution in [0, 0.1) is 0 Å². The molecule has 0 aliphatic heterocycles. The van der Waals surface area contributed by atoms with Crippen LogP contribution in [0.4, 0.5) is 0 Å². The number of hydrogen-bond acceptors (Lipinski definition) is 5. The van der Waals surface area contributed by atoms with Crippen molar-refractivity contribution in [1.82, 2.24) is 15.0 Å². The summed E-state index contributed by atoms with van der Waals surface area (Å²) < 4.78 is 4.90. The van der Waals surface area contributed by atoms with Gasteiger partial charge in [-0.05, 0) is 13.0 Å². The van der Waals surface area contributed by atoms with Crippen LogP contribution in [0.25, 0.3) is 11.3 Å². The van der Waals surface area contributed by atoms with Crippen molar-refractivity contribution in [3.05, 3.63) is 41.6 Å². The van der Waals surface area contributed by atoms with Gasteiger partial charge in [-0.3, -0.25) is 9.97 Å². The normalized spacial score (nSPS) is 10.1. The zero-order valence-corrected chi connectivity index (χ0v) is 10.4. The molecule has 2 heterocycles. The lowest BCUT2D eigenvalue weighted by Gasteiger charge is -2.04. The lowest BCUT2D eigenvalue weighted by Crippen LogP contribution is -2.05. The fraction of sp³-hybridized carbons (Fsp3) is 0.167. The van der Waals surface area contributed by atoms with Gasteiger partial charge in [0.1, 0.15) is 5.15 Å². The SMILES string of the molecule is CCOC(=O)c1cncc(-c2cncc(Cl)n2)c1. The number of carbonyl (C=O) groups excluding carboxylic acids is 1. The van der Waals surface area contributed by atoms with Gasteiger partial charge in [0.15, 0.2) is 0 Å². The molecule has 0 aromatic carbocycles. The van der Waals surface area contributed by atoms with E-state index < -0.39 is 5.97 Å². The quantitative estimate of drug-likeness (QED) is 0.796. The van der Waals surface area contributed by atoms with Crippen LogP contribution < -0.4 is 0 Å². The Hall–Kier alpha value is -2.01. The van der Waals surface area contributed by atoms with Crippen LogP contribution in [0.1, 0.15) is 17.3 Å². The Kier molecular flexibility index (Phi) is 3.84. The number of rotatable bonds is 3. The van der Waals surface area contributed by atoms with Crippen molar-refractivity contribution in [3.63, 3.8) is 0 Å². The molecular weight excluding hydrogens is 254 g/mol. The van der Waals surface area contributed by atoms with Gasteiger partial charge in [-0.1, -0.05) is 11.6 Å². The fourth-order valence-corrected chi connectivity index (χ4v) is 1.53. The number of halogens is 1. The van der Waals surface area contributed by atoms with E-state index in [0.717, 1.165) is 0 Å². The van der Waals surface area contributed by atoms with Gasteiger partial charge in [0.2, 0.25) is 0 Å². The third-order valence-electron chi connectivity index (χ3n) is 2.15. The van der Waals surface area contributed by atoms with E-state index in [4.69, 9.17) is 16.3 Å². The summed E-state index contributed by atoms with van der Waals surface area (Å²) in [4.78, 5) is 23.6. The average Bonchev–Trinajstić information content (AvgIpc) is 2.39. The largest absolute Gasteiger partial charge is 0.462 e. The first kappa shape index (κ1) is 12.4. The molecule has 0 saturated heterocycles. The number of esters is 1. The Labute approximate surface area is 109 Å². The molecule has 0 fully saturated rings. The van der Waals surface area contributed by atoms with Crippen LogP contribution in [-0.2, 0) is 4.74 Å². The number of aromatic nitrogens is 3. The molecule has 2 aromatic rings. The molecule has 0 N–H and O–H groups in total. The molecule has 0 spiro atoms.